The van der Waals surface area contributed by atoms with Crippen molar-refractivity contribution in [3.05, 3.63) is 29.3 Å². The van der Waals surface area contributed by atoms with Gasteiger partial charge in [0.2, 0.25) is 0 Å². The summed E-state index contributed by atoms with van der Waals surface area (Å²) in [7, 11) is 0. The molecule has 1 aromatic rings. The van der Waals surface area contributed by atoms with E-state index in [1.54, 1.807) is 18.2 Å². The van der Waals surface area contributed by atoms with E-state index in [1.165, 1.54) is 0 Å². The summed E-state index contributed by atoms with van der Waals surface area (Å²) in [6.45, 7) is 0.902. The second kappa shape index (κ2) is 2.75. The molecule has 2 rings (SSSR count). The summed E-state index contributed by atoms with van der Waals surface area (Å²) >= 11 is 0. The van der Waals surface area contributed by atoms with Gasteiger partial charge in [0, 0.05) is 18.7 Å². The minimum absolute atomic E-state index is 0.183. The fourth-order valence-corrected chi connectivity index (χ4v) is 1.51. The van der Waals surface area contributed by atoms with Crippen LogP contribution in [0.25, 0.3) is 0 Å². The van der Waals surface area contributed by atoms with Crippen LogP contribution in [0, 0.1) is 0 Å². The molecule has 1 aliphatic heterocycles. The van der Waals surface area contributed by atoms with Crippen molar-refractivity contribution in [2.75, 3.05) is 6.54 Å². The van der Waals surface area contributed by atoms with E-state index in [4.69, 9.17) is 0 Å². The van der Waals surface area contributed by atoms with Crippen molar-refractivity contribution < 1.29 is 9.50 Å². The topological polar surface area (TPSA) is 32.3 Å². The molecular formula is C9H10FNO. The van der Waals surface area contributed by atoms with Crippen molar-refractivity contribution in [3.63, 3.8) is 0 Å². The maximum atomic E-state index is 13.2. The van der Waals surface area contributed by atoms with Crippen LogP contribution in [0.5, 0.6) is 5.75 Å². The third-order valence-electron chi connectivity index (χ3n) is 2.15. The van der Waals surface area contributed by atoms with E-state index in [1.807, 2.05) is 0 Å². The molecule has 2 nitrogen and oxygen atoms in total. The second-order valence-corrected chi connectivity index (χ2v) is 2.94. The zero-order valence-electron chi connectivity index (χ0n) is 6.55. The highest BCUT2D eigenvalue weighted by molar-refractivity contribution is 5.41. The summed E-state index contributed by atoms with van der Waals surface area (Å²) < 4.78 is 13.2. The largest absolute Gasteiger partial charge is 0.508 e. The molecule has 0 saturated heterocycles. The third-order valence-corrected chi connectivity index (χ3v) is 2.15. The van der Waals surface area contributed by atoms with Gasteiger partial charge in [-0.2, -0.15) is 0 Å². The molecule has 0 saturated carbocycles. The first-order valence-corrected chi connectivity index (χ1v) is 3.94. The lowest BCUT2D eigenvalue weighted by Gasteiger charge is -2.21. The average Bonchev–Trinajstić information content (AvgIpc) is 2.07. The average molecular weight is 167 g/mol. The number of phenols is 1. The second-order valence-electron chi connectivity index (χ2n) is 2.94. The standard InChI is InChI=1S/C9H10FNO/c10-8-5-11-4-7-6(8)2-1-3-9(7)12/h1-3,8,11-12H,4-5H2. The van der Waals surface area contributed by atoms with Crippen molar-refractivity contribution >= 4 is 0 Å². The smallest absolute Gasteiger partial charge is 0.138 e. The molecule has 1 aliphatic rings. The zero-order valence-corrected chi connectivity index (χ0v) is 6.55. The van der Waals surface area contributed by atoms with Crippen LogP contribution in [0.4, 0.5) is 4.39 Å². The molecule has 0 aliphatic carbocycles. The minimum Gasteiger partial charge on any atom is -0.508 e. The number of nitrogens with one attached hydrogen (secondary N) is 1. The number of halogens is 1. The van der Waals surface area contributed by atoms with Crippen LogP contribution in [0.2, 0.25) is 0 Å². The Balaban J connectivity index is 2.52. The Morgan fingerprint density at radius 2 is 2.33 bits per heavy atom. The van der Waals surface area contributed by atoms with Crippen LogP contribution in [-0.4, -0.2) is 11.7 Å². The SMILES string of the molecule is Oc1cccc2c1CNCC2F. The van der Waals surface area contributed by atoms with E-state index in [9.17, 15) is 9.50 Å². The lowest BCUT2D eigenvalue weighted by molar-refractivity contribution is 0.306. The Kier molecular flexibility index (Phi) is 1.73. The van der Waals surface area contributed by atoms with Gasteiger partial charge in [0.1, 0.15) is 11.9 Å². The minimum atomic E-state index is -0.985. The van der Waals surface area contributed by atoms with Crippen molar-refractivity contribution in [2.45, 2.75) is 12.7 Å². The monoisotopic (exact) mass is 167 g/mol. The lowest BCUT2D eigenvalue weighted by atomic mass is 9.99. The van der Waals surface area contributed by atoms with Gasteiger partial charge in [0.05, 0.1) is 0 Å². The van der Waals surface area contributed by atoms with Crippen LogP contribution in [-0.2, 0) is 6.54 Å². The Hall–Kier alpha value is -1.09. The number of fused-ring (bicyclic) bond motifs is 1. The molecule has 1 atom stereocenters. The predicted molar refractivity (Wildman–Crippen MR) is 43.7 cm³/mol. The maximum absolute atomic E-state index is 13.2. The molecule has 0 aromatic heterocycles. The Morgan fingerprint density at radius 1 is 1.50 bits per heavy atom. The molecule has 12 heavy (non-hydrogen) atoms. The number of phenolic OH excluding ortho intramolecular Hbond substituents is 1. The van der Waals surface area contributed by atoms with Gasteiger partial charge in [-0.1, -0.05) is 12.1 Å². The molecule has 3 heteroatoms. The number of rotatable bonds is 0. The van der Waals surface area contributed by atoms with Crippen LogP contribution in [0.15, 0.2) is 18.2 Å². The third kappa shape index (κ3) is 1.06. The number of alkyl halides is 1. The van der Waals surface area contributed by atoms with Gasteiger partial charge in [-0.25, -0.2) is 4.39 Å². The predicted octanol–water partition coefficient (Wildman–Crippen LogP) is 1.51. The van der Waals surface area contributed by atoms with Gasteiger partial charge in [-0.05, 0) is 11.6 Å². The van der Waals surface area contributed by atoms with Crippen LogP contribution in [0.1, 0.15) is 17.3 Å². The van der Waals surface area contributed by atoms with Gasteiger partial charge in [-0.3, -0.25) is 0 Å². The molecule has 2 N–H and O–H groups in total. The van der Waals surface area contributed by atoms with Crippen molar-refractivity contribution in [3.8, 4) is 5.75 Å². The Labute approximate surface area is 70.0 Å². The molecule has 1 aromatic carbocycles. The molecule has 0 amide bonds. The molecule has 1 heterocycles. The van der Waals surface area contributed by atoms with Gasteiger partial charge >= 0.3 is 0 Å². The molecule has 64 valence electrons. The highest BCUT2D eigenvalue weighted by Gasteiger charge is 2.20. The molecule has 0 bridgehead atoms. The summed E-state index contributed by atoms with van der Waals surface area (Å²) in [6.07, 6.45) is -0.985. The van der Waals surface area contributed by atoms with Crippen molar-refractivity contribution in [2.24, 2.45) is 0 Å². The molecule has 0 spiro atoms. The van der Waals surface area contributed by atoms with Gasteiger partial charge in [0.15, 0.2) is 0 Å². The number of aromatic hydroxyl groups is 1. The first kappa shape index (κ1) is 7.55. The molecule has 0 fully saturated rings. The highest BCUT2D eigenvalue weighted by Crippen LogP contribution is 2.30. The summed E-state index contributed by atoms with van der Waals surface area (Å²) in [5, 5.41) is 12.3. The number of hydrogen-bond donors (Lipinski definition) is 2. The fourth-order valence-electron chi connectivity index (χ4n) is 1.51. The fraction of sp³-hybridized carbons (Fsp3) is 0.333. The zero-order chi connectivity index (χ0) is 8.55. The number of hydrogen-bond acceptors (Lipinski definition) is 2. The van der Waals surface area contributed by atoms with Crippen LogP contribution < -0.4 is 5.32 Å². The Bertz CT molecular complexity index is 301. The van der Waals surface area contributed by atoms with E-state index in [-0.39, 0.29) is 5.75 Å². The van der Waals surface area contributed by atoms with E-state index in [2.05, 4.69) is 5.32 Å². The first-order chi connectivity index (χ1) is 5.79. The maximum Gasteiger partial charge on any atom is 0.138 e. The molecular weight excluding hydrogens is 157 g/mol. The summed E-state index contributed by atoms with van der Waals surface area (Å²) in [6, 6.07) is 4.98. The van der Waals surface area contributed by atoms with E-state index in [0.717, 1.165) is 0 Å². The summed E-state index contributed by atoms with van der Waals surface area (Å²) in [5.41, 5.74) is 1.31. The van der Waals surface area contributed by atoms with E-state index >= 15 is 0 Å². The van der Waals surface area contributed by atoms with Crippen LogP contribution >= 0.6 is 0 Å². The Morgan fingerprint density at radius 3 is 3.08 bits per heavy atom. The van der Waals surface area contributed by atoms with Crippen molar-refractivity contribution in [1.82, 2.24) is 5.32 Å². The lowest BCUT2D eigenvalue weighted by Crippen LogP contribution is -2.25. The number of benzene rings is 1. The summed E-state index contributed by atoms with van der Waals surface area (Å²) in [4.78, 5) is 0. The normalized spacial score (nSPS) is 21.9. The van der Waals surface area contributed by atoms with E-state index < -0.39 is 6.17 Å². The van der Waals surface area contributed by atoms with Gasteiger partial charge in [0.25, 0.3) is 0 Å². The van der Waals surface area contributed by atoms with Crippen molar-refractivity contribution in [1.29, 1.82) is 0 Å². The van der Waals surface area contributed by atoms with E-state index in [0.29, 0.717) is 24.2 Å². The molecule has 1 unspecified atom stereocenters. The van der Waals surface area contributed by atoms with Gasteiger partial charge < -0.3 is 10.4 Å². The molecule has 0 radical (unpaired) electrons. The quantitative estimate of drug-likeness (QED) is 0.613. The summed E-state index contributed by atoms with van der Waals surface area (Å²) in [5.74, 6) is 0.183. The van der Waals surface area contributed by atoms with Crippen LogP contribution in [0.3, 0.4) is 0 Å². The highest BCUT2D eigenvalue weighted by atomic mass is 19.1. The first-order valence-electron chi connectivity index (χ1n) is 3.94. The van der Waals surface area contributed by atoms with Gasteiger partial charge in [-0.15, -0.1) is 0 Å².